The molecular formula is C17H19N2+. The summed E-state index contributed by atoms with van der Waals surface area (Å²) in [5.41, 5.74) is 7.81. The molecule has 2 nitrogen and oxygen atoms in total. The molecule has 0 amide bonds. The van der Waals surface area contributed by atoms with Gasteiger partial charge in [0.1, 0.15) is 6.20 Å². The number of aryl methyl sites for hydroxylation is 3. The lowest BCUT2D eigenvalue weighted by molar-refractivity contribution is -0.510. The van der Waals surface area contributed by atoms with E-state index in [0.29, 0.717) is 0 Å². The second-order valence-corrected chi connectivity index (χ2v) is 5.29. The molecule has 0 atom stereocenters. The summed E-state index contributed by atoms with van der Waals surface area (Å²) in [6.07, 6.45) is 4.30. The van der Waals surface area contributed by atoms with Crippen molar-refractivity contribution >= 4 is 5.65 Å². The molecule has 0 aliphatic rings. The van der Waals surface area contributed by atoms with Crippen molar-refractivity contribution in [3.8, 4) is 11.3 Å². The fraction of sp³-hybridized carbons (Fsp3) is 0.235. The van der Waals surface area contributed by atoms with E-state index < -0.39 is 0 Å². The summed E-state index contributed by atoms with van der Waals surface area (Å²) in [6.45, 7) is 6.54. The third-order valence-electron chi connectivity index (χ3n) is 3.92. The molecule has 0 unspecified atom stereocenters. The lowest BCUT2D eigenvalue weighted by atomic mass is 9.98. The van der Waals surface area contributed by atoms with Crippen molar-refractivity contribution in [3.05, 3.63) is 59.4 Å². The number of imidazole rings is 1. The van der Waals surface area contributed by atoms with Crippen molar-refractivity contribution in [2.75, 3.05) is 0 Å². The molecule has 0 N–H and O–H groups in total. The van der Waals surface area contributed by atoms with Gasteiger partial charge in [-0.05, 0) is 44.0 Å². The van der Waals surface area contributed by atoms with Gasteiger partial charge < -0.3 is 0 Å². The van der Waals surface area contributed by atoms with Gasteiger partial charge in [0, 0.05) is 11.6 Å². The van der Waals surface area contributed by atoms with Crippen LogP contribution in [0.25, 0.3) is 16.9 Å². The second kappa shape index (κ2) is 4.23. The Bertz CT molecular complexity index is 766. The highest BCUT2D eigenvalue weighted by atomic mass is 15.1. The number of aromatic nitrogens is 2. The molecule has 0 saturated carbocycles. The molecule has 2 heteroatoms. The van der Waals surface area contributed by atoms with Gasteiger partial charge >= 0.3 is 0 Å². The summed E-state index contributed by atoms with van der Waals surface area (Å²) in [7, 11) is 2.13. The van der Waals surface area contributed by atoms with E-state index in [9.17, 15) is 0 Å². The molecule has 0 saturated heterocycles. The molecular weight excluding hydrogens is 232 g/mol. The number of benzene rings is 1. The standard InChI is InChI=1S/C17H19N2/c1-12-9-13(2)14(3)15(10-12)16-11-19-8-6-5-7-17(19)18(16)4/h5-11H,1-4H3/q+1. The molecule has 3 aromatic rings. The van der Waals surface area contributed by atoms with Crippen LogP contribution in [-0.2, 0) is 7.05 Å². The fourth-order valence-electron chi connectivity index (χ4n) is 2.74. The van der Waals surface area contributed by atoms with E-state index in [0.717, 1.165) is 0 Å². The Morgan fingerprint density at radius 1 is 1.05 bits per heavy atom. The quantitative estimate of drug-likeness (QED) is 0.587. The van der Waals surface area contributed by atoms with Gasteiger partial charge in [-0.15, -0.1) is 0 Å². The highest BCUT2D eigenvalue weighted by Crippen LogP contribution is 2.27. The van der Waals surface area contributed by atoms with E-state index in [1.165, 1.54) is 33.6 Å². The van der Waals surface area contributed by atoms with Crippen molar-refractivity contribution in [2.45, 2.75) is 20.8 Å². The maximum absolute atomic E-state index is 2.27. The van der Waals surface area contributed by atoms with E-state index in [1.54, 1.807) is 0 Å². The van der Waals surface area contributed by atoms with Gasteiger partial charge in [0.25, 0.3) is 5.65 Å². The monoisotopic (exact) mass is 251 g/mol. The first-order valence-electron chi connectivity index (χ1n) is 6.62. The number of fused-ring (bicyclic) bond motifs is 1. The smallest absolute Gasteiger partial charge is 0.226 e. The van der Waals surface area contributed by atoms with Gasteiger partial charge in [-0.2, -0.15) is 0 Å². The molecule has 0 spiro atoms. The van der Waals surface area contributed by atoms with E-state index in [4.69, 9.17) is 0 Å². The van der Waals surface area contributed by atoms with Crippen LogP contribution in [0, 0.1) is 20.8 Å². The van der Waals surface area contributed by atoms with Gasteiger partial charge in [-0.25, -0.2) is 8.97 Å². The van der Waals surface area contributed by atoms with Crippen LogP contribution in [0.5, 0.6) is 0 Å². The highest BCUT2D eigenvalue weighted by molar-refractivity contribution is 5.67. The van der Waals surface area contributed by atoms with Crippen LogP contribution >= 0.6 is 0 Å². The zero-order valence-corrected chi connectivity index (χ0v) is 11.9. The highest BCUT2D eigenvalue weighted by Gasteiger charge is 2.17. The first kappa shape index (κ1) is 12.0. The van der Waals surface area contributed by atoms with Gasteiger partial charge in [-0.1, -0.05) is 17.7 Å². The van der Waals surface area contributed by atoms with Crippen molar-refractivity contribution in [1.82, 2.24) is 4.57 Å². The van der Waals surface area contributed by atoms with Crippen LogP contribution in [0.3, 0.4) is 0 Å². The minimum atomic E-state index is 1.20. The normalized spacial score (nSPS) is 11.2. The summed E-state index contributed by atoms with van der Waals surface area (Å²) < 4.78 is 4.42. The minimum Gasteiger partial charge on any atom is -0.226 e. The molecule has 0 aliphatic heterocycles. The van der Waals surface area contributed by atoms with Crippen molar-refractivity contribution in [3.63, 3.8) is 0 Å². The first-order valence-corrected chi connectivity index (χ1v) is 6.62. The zero-order valence-electron chi connectivity index (χ0n) is 11.9. The predicted octanol–water partition coefficient (Wildman–Crippen LogP) is 3.36. The first-order chi connectivity index (χ1) is 9.08. The van der Waals surface area contributed by atoms with E-state index in [-0.39, 0.29) is 0 Å². The van der Waals surface area contributed by atoms with Crippen molar-refractivity contribution in [1.29, 1.82) is 0 Å². The van der Waals surface area contributed by atoms with Crippen molar-refractivity contribution < 1.29 is 4.40 Å². The van der Waals surface area contributed by atoms with Crippen LogP contribution in [0.2, 0.25) is 0 Å². The molecule has 1 aromatic carbocycles. The molecule has 96 valence electrons. The lowest BCUT2D eigenvalue weighted by Crippen LogP contribution is -2.17. The summed E-state index contributed by atoms with van der Waals surface area (Å²) >= 11 is 0. The largest absolute Gasteiger partial charge is 0.286 e. The average molecular weight is 251 g/mol. The Morgan fingerprint density at radius 3 is 2.58 bits per heavy atom. The molecule has 0 fully saturated rings. The SMILES string of the molecule is Cc1cc(C)c(C)c(-c2c[n+]3ccccc3n2C)c1. The number of hydrogen-bond donors (Lipinski definition) is 0. The molecule has 0 radical (unpaired) electrons. The predicted molar refractivity (Wildman–Crippen MR) is 78.2 cm³/mol. The van der Waals surface area contributed by atoms with Crippen LogP contribution < -0.4 is 4.40 Å². The van der Waals surface area contributed by atoms with E-state index in [2.05, 4.69) is 79.5 Å². The topological polar surface area (TPSA) is 9.03 Å². The van der Waals surface area contributed by atoms with Gasteiger partial charge in [-0.3, -0.25) is 0 Å². The fourth-order valence-corrected chi connectivity index (χ4v) is 2.74. The summed E-state index contributed by atoms with van der Waals surface area (Å²) in [5, 5.41) is 0. The molecule has 2 aromatic heterocycles. The summed E-state index contributed by atoms with van der Waals surface area (Å²) in [5.74, 6) is 0. The zero-order chi connectivity index (χ0) is 13.6. The average Bonchev–Trinajstić information content (AvgIpc) is 2.72. The molecule has 0 aliphatic carbocycles. The van der Waals surface area contributed by atoms with Gasteiger partial charge in [0.15, 0.2) is 5.69 Å². The Kier molecular flexibility index (Phi) is 2.67. The van der Waals surface area contributed by atoms with Crippen LogP contribution in [0.1, 0.15) is 16.7 Å². The van der Waals surface area contributed by atoms with Crippen LogP contribution in [0.15, 0.2) is 42.7 Å². The second-order valence-electron chi connectivity index (χ2n) is 5.29. The Labute approximate surface area is 113 Å². The number of hydrogen-bond acceptors (Lipinski definition) is 0. The number of rotatable bonds is 1. The Morgan fingerprint density at radius 2 is 1.84 bits per heavy atom. The third kappa shape index (κ3) is 1.84. The Balaban J connectivity index is 2.33. The molecule has 3 rings (SSSR count). The van der Waals surface area contributed by atoms with Gasteiger partial charge in [0.05, 0.1) is 13.2 Å². The van der Waals surface area contributed by atoms with E-state index in [1.807, 2.05) is 0 Å². The molecule has 2 heterocycles. The maximum Gasteiger partial charge on any atom is 0.286 e. The Hall–Kier alpha value is -2.09. The lowest BCUT2D eigenvalue weighted by Gasteiger charge is -2.08. The number of nitrogens with zero attached hydrogens (tertiary/aromatic N) is 2. The summed E-state index contributed by atoms with van der Waals surface area (Å²) in [4.78, 5) is 0. The molecule has 0 bridgehead atoms. The molecule has 19 heavy (non-hydrogen) atoms. The van der Waals surface area contributed by atoms with Crippen LogP contribution in [0.4, 0.5) is 0 Å². The maximum atomic E-state index is 2.27. The van der Waals surface area contributed by atoms with E-state index >= 15 is 0 Å². The third-order valence-corrected chi connectivity index (χ3v) is 3.92. The van der Waals surface area contributed by atoms with Crippen LogP contribution in [-0.4, -0.2) is 4.57 Å². The van der Waals surface area contributed by atoms with Crippen molar-refractivity contribution in [2.24, 2.45) is 7.05 Å². The van der Waals surface area contributed by atoms with Gasteiger partial charge in [0.2, 0.25) is 0 Å². The summed E-state index contributed by atoms with van der Waals surface area (Å²) in [6, 6.07) is 10.8. The number of pyridine rings is 1. The minimum absolute atomic E-state index is 1.20.